The zero-order valence-corrected chi connectivity index (χ0v) is 17.4. The molecule has 0 radical (unpaired) electrons. The molecule has 2 aliphatic rings. The van der Waals surface area contributed by atoms with Crippen LogP contribution in [-0.2, 0) is 9.47 Å². The van der Waals surface area contributed by atoms with Crippen molar-refractivity contribution in [1.29, 1.82) is 0 Å². The first-order chi connectivity index (χ1) is 13.8. The first-order valence-corrected chi connectivity index (χ1v) is 9.98. The van der Waals surface area contributed by atoms with Gasteiger partial charge in [-0.25, -0.2) is 9.48 Å². The average Bonchev–Trinajstić information content (AvgIpc) is 3.20. The van der Waals surface area contributed by atoms with Gasteiger partial charge >= 0.3 is 6.09 Å². The van der Waals surface area contributed by atoms with Crippen molar-refractivity contribution in [2.45, 2.75) is 45.4 Å². The summed E-state index contributed by atoms with van der Waals surface area (Å²) >= 11 is 0. The fourth-order valence-electron chi connectivity index (χ4n) is 3.97. The molecule has 3 heterocycles. The normalized spacial score (nSPS) is 23.0. The summed E-state index contributed by atoms with van der Waals surface area (Å²) in [5, 5.41) is 11.5. The van der Waals surface area contributed by atoms with Gasteiger partial charge in [0.1, 0.15) is 11.9 Å². The van der Waals surface area contributed by atoms with Crippen LogP contribution in [-0.4, -0.2) is 80.5 Å². The van der Waals surface area contributed by atoms with Crippen LogP contribution < -0.4 is 0 Å². The van der Waals surface area contributed by atoms with Gasteiger partial charge in [0, 0.05) is 26.2 Å². The van der Waals surface area contributed by atoms with E-state index in [1.165, 1.54) is 0 Å². The Hall–Kier alpha value is -2.52. The van der Waals surface area contributed by atoms with Crippen molar-refractivity contribution in [2.24, 2.45) is 0 Å². The van der Waals surface area contributed by atoms with Crippen molar-refractivity contribution in [2.75, 3.05) is 32.8 Å². The summed E-state index contributed by atoms with van der Waals surface area (Å²) in [5.41, 5.74) is 2.72. The van der Waals surface area contributed by atoms with Crippen molar-refractivity contribution >= 4 is 6.09 Å². The van der Waals surface area contributed by atoms with Crippen LogP contribution in [0.1, 0.15) is 38.0 Å². The van der Waals surface area contributed by atoms with Gasteiger partial charge in [-0.15, -0.1) is 5.10 Å². The first kappa shape index (κ1) is 19.8. The maximum atomic E-state index is 12.4. The van der Waals surface area contributed by atoms with Crippen LogP contribution in [0.5, 0.6) is 0 Å². The molecular weight excluding hydrogens is 372 g/mol. The van der Waals surface area contributed by atoms with Crippen molar-refractivity contribution in [1.82, 2.24) is 30.0 Å². The van der Waals surface area contributed by atoms with E-state index in [1.807, 2.05) is 32.9 Å². The number of fused-ring (bicyclic) bond motifs is 1. The summed E-state index contributed by atoms with van der Waals surface area (Å²) < 4.78 is 13.4. The maximum absolute atomic E-state index is 12.4. The molecule has 2 atom stereocenters. The standard InChI is InChI=1S/C20H28N6O3/c1-14-16(6-5-7-17(14)26-13-21-22-23-26)18-11-24-8-9-25(10-15(24)12-28-18)19(27)29-20(2,3)4/h5-7,13,15,18H,8-12H2,1-4H3/t15-,18?/m0/s1. The SMILES string of the molecule is Cc1c(C2CN3CCN(C(=O)OC(C)(C)C)C[C@H]3CO2)cccc1-n1cnnn1. The van der Waals surface area contributed by atoms with E-state index >= 15 is 0 Å². The van der Waals surface area contributed by atoms with E-state index in [-0.39, 0.29) is 18.2 Å². The van der Waals surface area contributed by atoms with Crippen LogP contribution in [0.15, 0.2) is 24.5 Å². The van der Waals surface area contributed by atoms with Gasteiger partial charge in [0.05, 0.1) is 24.4 Å². The predicted octanol–water partition coefficient (Wildman–Crippen LogP) is 1.96. The minimum atomic E-state index is -0.482. The number of hydrogen-bond acceptors (Lipinski definition) is 7. The number of rotatable bonds is 2. The van der Waals surface area contributed by atoms with E-state index in [1.54, 1.807) is 15.9 Å². The van der Waals surface area contributed by atoms with Crippen molar-refractivity contribution in [3.63, 3.8) is 0 Å². The molecule has 9 heteroatoms. The van der Waals surface area contributed by atoms with Gasteiger partial charge in [0.2, 0.25) is 0 Å². The Morgan fingerprint density at radius 2 is 2.07 bits per heavy atom. The number of hydrogen-bond donors (Lipinski definition) is 0. The van der Waals surface area contributed by atoms with Gasteiger partial charge in [-0.3, -0.25) is 4.90 Å². The molecule has 2 aromatic rings. The number of nitrogens with zero attached hydrogens (tertiary/aromatic N) is 6. The lowest BCUT2D eigenvalue weighted by Crippen LogP contribution is -2.60. The maximum Gasteiger partial charge on any atom is 0.410 e. The number of morpholine rings is 1. The van der Waals surface area contributed by atoms with Gasteiger partial charge in [-0.05, 0) is 55.3 Å². The highest BCUT2D eigenvalue weighted by Crippen LogP contribution is 2.31. The second-order valence-electron chi connectivity index (χ2n) is 8.64. The van der Waals surface area contributed by atoms with Gasteiger partial charge < -0.3 is 14.4 Å². The first-order valence-electron chi connectivity index (χ1n) is 9.98. The highest BCUT2D eigenvalue weighted by molar-refractivity contribution is 5.68. The molecule has 0 bridgehead atoms. The second-order valence-corrected chi connectivity index (χ2v) is 8.64. The van der Waals surface area contributed by atoms with Gasteiger partial charge in [-0.1, -0.05) is 12.1 Å². The summed E-state index contributed by atoms with van der Waals surface area (Å²) in [7, 11) is 0. The molecule has 1 aromatic carbocycles. The third-order valence-electron chi connectivity index (χ3n) is 5.44. The lowest BCUT2D eigenvalue weighted by atomic mass is 9.98. The molecule has 29 heavy (non-hydrogen) atoms. The monoisotopic (exact) mass is 400 g/mol. The fourth-order valence-corrected chi connectivity index (χ4v) is 3.97. The van der Waals surface area contributed by atoms with Crippen molar-refractivity contribution in [3.05, 3.63) is 35.7 Å². The molecule has 1 unspecified atom stereocenters. The van der Waals surface area contributed by atoms with Crippen molar-refractivity contribution in [3.8, 4) is 5.69 Å². The number of carbonyl (C=O) groups excluding carboxylic acids is 1. The van der Waals surface area contributed by atoms with Crippen LogP contribution >= 0.6 is 0 Å². The molecule has 0 spiro atoms. The second kappa shape index (κ2) is 7.72. The van der Waals surface area contributed by atoms with E-state index in [0.717, 1.165) is 29.9 Å². The summed E-state index contributed by atoms with van der Waals surface area (Å²) in [5.74, 6) is 0. The predicted molar refractivity (Wildman–Crippen MR) is 106 cm³/mol. The van der Waals surface area contributed by atoms with Crippen LogP contribution in [0, 0.1) is 6.92 Å². The number of piperazine rings is 1. The third-order valence-corrected chi connectivity index (χ3v) is 5.44. The minimum absolute atomic E-state index is 0.0178. The molecular formula is C20H28N6O3. The lowest BCUT2D eigenvalue weighted by Gasteiger charge is -2.46. The zero-order valence-electron chi connectivity index (χ0n) is 17.4. The molecule has 0 N–H and O–H groups in total. The Morgan fingerprint density at radius 1 is 1.24 bits per heavy atom. The van der Waals surface area contributed by atoms with Gasteiger partial charge in [-0.2, -0.15) is 0 Å². The molecule has 2 saturated heterocycles. The fraction of sp³-hybridized carbons (Fsp3) is 0.600. The Morgan fingerprint density at radius 3 is 2.79 bits per heavy atom. The zero-order chi connectivity index (χ0) is 20.6. The van der Waals surface area contributed by atoms with Gasteiger partial charge in [0.15, 0.2) is 0 Å². The Labute approximate surface area is 170 Å². The number of carbonyl (C=O) groups is 1. The van der Waals surface area contributed by atoms with E-state index in [4.69, 9.17) is 9.47 Å². The number of amides is 1. The van der Waals surface area contributed by atoms with Crippen LogP contribution in [0.4, 0.5) is 4.79 Å². The molecule has 1 aromatic heterocycles. The summed E-state index contributed by atoms with van der Waals surface area (Å²) in [6.45, 7) is 11.2. The molecule has 156 valence electrons. The van der Waals surface area contributed by atoms with Crippen LogP contribution in [0.25, 0.3) is 5.69 Å². The van der Waals surface area contributed by atoms with Crippen LogP contribution in [0.3, 0.4) is 0 Å². The highest BCUT2D eigenvalue weighted by atomic mass is 16.6. The number of ether oxygens (including phenoxy) is 2. The highest BCUT2D eigenvalue weighted by Gasteiger charge is 2.37. The Balaban J connectivity index is 1.43. The summed E-state index contributed by atoms with van der Waals surface area (Å²) in [4.78, 5) is 16.6. The quantitative estimate of drug-likeness (QED) is 0.762. The molecule has 0 saturated carbocycles. The largest absolute Gasteiger partial charge is 0.444 e. The molecule has 0 aliphatic carbocycles. The Kier molecular flexibility index (Phi) is 5.26. The number of aromatic nitrogens is 4. The lowest BCUT2D eigenvalue weighted by molar-refractivity contribution is -0.0908. The molecule has 9 nitrogen and oxygen atoms in total. The Bertz CT molecular complexity index is 864. The van der Waals surface area contributed by atoms with E-state index in [0.29, 0.717) is 19.7 Å². The van der Waals surface area contributed by atoms with E-state index in [2.05, 4.69) is 33.4 Å². The average molecular weight is 400 g/mol. The number of tetrazole rings is 1. The summed E-state index contributed by atoms with van der Waals surface area (Å²) in [6.07, 6.45) is 1.33. The number of benzene rings is 1. The van der Waals surface area contributed by atoms with Crippen LogP contribution in [0.2, 0.25) is 0 Å². The summed E-state index contributed by atoms with van der Waals surface area (Å²) in [6, 6.07) is 6.30. The van der Waals surface area contributed by atoms with Crippen molar-refractivity contribution < 1.29 is 14.3 Å². The molecule has 2 fully saturated rings. The molecule has 4 rings (SSSR count). The minimum Gasteiger partial charge on any atom is -0.444 e. The molecule has 1 amide bonds. The smallest absolute Gasteiger partial charge is 0.410 e. The molecule has 2 aliphatic heterocycles. The van der Waals surface area contributed by atoms with Gasteiger partial charge in [0.25, 0.3) is 0 Å². The third kappa shape index (κ3) is 4.25. The topological polar surface area (TPSA) is 85.6 Å². The van der Waals surface area contributed by atoms with E-state index in [9.17, 15) is 4.79 Å². The van der Waals surface area contributed by atoms with E-state index < -0.39 is 5.60 Å².